The second kappa shape index (κ2) is 1.96. The number of rotatable bonds is 0. The van der Waals surface area contributed by atoms with E-state index in [-0.39, 0.29) is 0 Å². The van der Waals surface area contributed by atoms with Crippen molar-refractivity contribution >= 4 is 0 Å². The summed E-state index contributed by atoms with van der Waals surface area (Å²) in [6.07, 6.45) is 2.67. The van der Waals surface area contributed by atoms with E-state index in [0.717, 1.165) is 12.5 Å². The van der Waals surface area contributed by atoms with Crippen LogP contribution in [0.5, 0.6) is 0 Å². The van der Waals surface area contributed by atoms with Gasteiger partial charge in [0.15, 0.2) is 0 Å². The number of piperidine rings is 1. The number of nitrogens with zero attached hydrogens (tertiary/aromatic N) is 1. The Hall–Kier alpha value is -0.0800. The third-order valence-corrected chi connectivity index (χ3v) is 2.50. The minimum Gasteiger partial charge on any atom is -0.327 e. The Kier molecular flexibility index (Phi) is 1.24. The first kappa shape index (κ1) is 5.69. The van der Waals surface area contributed by atoms with E-state index in [2.05, 4.69) is 4.90 Å². The molecule has 0 aromatic rings. The van der Waals surface area contributed by atoms with Crippen LogP contribution >= 0.6 is 0 Å². The van der Waals surface area contributed by atoms with Crippen molar-refractivity contribution in [2.45, 2.75) is 18.9 Å². The maximum absolute atomic E-state index is 5.81. The van der Waals surface area contributed by atoms with Gasteiger partial charge in [-0.05, 0) is 25.3 Å². The van der Waals surface area contributed by atoms with E-state index in [1.165, 1.54) is 25.9 Å². The largest absolute Gasteiger partial charge is 0.327 e. The van der Waals surface area contributed by atoms with Gasteiger partial charge < -0.3 is 10.6 Å². The second-order valence-electron chi connectivity index (χ2n) is 3.41. The Bertz CT molecular complexity index is 101. The number of hydrogen-bond acceptors (Lipinski definition) is 2. The fourth-order valence-corrected chi connectivity index (χ4v) is 2.11. The molecule has 0 saturated carbocycles. The molecule has 0 amide bonds. The summed E-state index contributed by atoms with van der Waals surface area (Å²) in [5.74, 6) is 0.939. The van der Waals surface area contributed by atoms with Crippen molar-refractivity contribution in [2.24, 2.45) is 11.7 Å². The first-order valence-electron chi connectivity index (χ1n) is 3.82. The molecule has 1 unspecified atom stereocenters. The van der Waals surface area contributed by atoms with Crippen LogP contribution in [0.2, 0.25) is 0 Å². The van der Waals surface area contributed by atoms with E-state index >= 15 is 0 Å². The molecule has 0 aliphatic carbocycles. The lowest BCUT2D eigenvalue weighted by molar-refractivity contribution is 0.244. The molecule has 2 fully saturated rings. The molecule has 0 aromatic carbocycles. The van der Waals surface area contributed by atoms with E-state index in [1.54, 1.807) is 0 Å². The Morgan fingerprint density at radius 3 is 3.00 bits per heavy atom. The van der Waals surface area contributed by atoms with Gasteiger partial charge in [-0.1, -0.05) is 0 Å². The van der Waals surface area contributed by atoms with Gasteiger partial charge in [0.25, 0.3) is 0 Å². The third-order valence-electron chi connectivity index (χ3n) is 2.50. The molecule has 0 spiro atoms. The highest BCUT2D eigenvalue weighted by atomic mass is 15.2. The highest BCUT2D eigenvalue weighted by molar-refractivity contribution is 4.86. The van der Waals surface area contributed by atoms with Crippen LogP contribution in [-0.2, 0) is 0 Å². The highest BCUT2D eigenvalue weighted by Gasteiger charge is 2.29. The number of nitrogens with two attached hydrogens (primary N) is 1. The van der Waals surface area contributed by atoms with Crippen LogP contribution in [0.4, 0.5) is 0 Å². The smallest absolute Gasteiger partial charge is 0.0170 e. The molecule has 2 saturated heterocycles. The molecular weight excluding hydrogens is 112 g/mol. The highest BCUT2D eigenvalue weighted by Crippen LogP contribution is 2.25. The lowest BCUT2D eigenvalue weighted by Gasteiger charge is -2.26. The zero-order chi connectivity index (χ0) is 6.27. The van der Waals surface area contributed by atoms with E-state index in [0.29, 0.717) is 6.04 Å². The molecule has 2 heteroatoms. The van der Waals surface area contributed by atoms with Gasteiger partial charge in [-0.25, -0.2) is 0 Å². The van der Waals surface area contributed by atoms with Gasteiger partial charge in [-0.3, -0.25) is 0 Å². The molecule has 0 radical (unpaired) electrons. The van der Waals surface area contributed by atoms with Crippen molar-refractivity contribution in [3.8, 4) is 0 Å². The normalized spacial score (nSPS) is 49.7. The van der Waals surface area contributed by atoms with Crippen LogP contribution in [-0.4, -0.2) is 30.6 Å². The molecule has 2 rings (SSSR count). The van der Waals surface area contributed by atoms with Crippen LogP contribution in [0.1, 0.15) is 12.8 Å². The van der Waals surface area contributed by atoms with Crippen LogP contribution in [0.25, 0.3) is 0 Å². The molecule has 2 bridgehead atoms. The number of hydrogen-bond donors (Lipinski definition) is 1. The van der Waals surface area contributed by atoms with Gasteiger partial charge in [0.05, 0.1) is 0 Å². The van der Waals surface area contributed by atoms with E-state index in [1.807, 2.05) is 0 Å². The van der Waals surface area contributed by atoms with Crippen molar-refractivity contribution < 1.29 is 0 Å². The first-order chi connectivity index (χ1) is 4.34. The molecule has 52 valence electrons. The number of fused-ring (bicyclic) bond motifs is 2. The fourth-order valence-electron chi connectivity index (χ4n) is 2.11. The lowest BCUT2D eigenvalue weighted by Crippen LogP contribution is -2.41. The predicted molar refractivity (Wildman–Crippen MR) is 37.1 cm³/mol. The summed E-state index contributed by atoms with van der Waals surface area (Å²) in [6.45, 7) is 3.78. The third kappa shape index (κ3) is 0.970. The predicted octanol–water partition coefficient (Wildman–Crippen LogP) is 0.0393. The molecule has 2 aliphatic rings. The summed E-state index contributed by atoms with van der Waals surface area (Å²) in [5.41, 5.74) is 5.81. The standard InChI is InChI=1S/C7H14N2/c8-7-3-6-1-2-9(4-6)5-7/h6-7H,1-5,8H2/t6-,7-/m0/s1. The summed E-state index contributed by atoms with van der Waals surface area (Å²) in [7, 11) is 0. The van der Waals surface area contributed by atoms with Gasteiger partial charge in [-0.2, -0.15) is 0 Å². The summed E-state index contributed by atoms with van der Waals surface area (Å²) < 4.78 is 0. The summed E-state index contributed by atoms with van der Waals surface area (Å²) >= 11 is 0. The van der Waals surface area contributed by atoms with E-state index in [4.69, 9.17) is 5.73 Å². The van der Waals surface area contributed by atoms with Crippen LogP contribution < -0.4 is 5.73 Å². The van der Waals surface area contributed by atoms with Crippen molar-refractivity contribution in [3.63, 3.8) is 0 Å². The van der Waals surface area contributed by atoms with Gasteiger partial charge in [0.1, 0.15) is 0 Å². The van der Waals surface area contributed by atoms with Gasteiger partial charge in [0.2, 0.25) is 0 Å². The molecule has 2 nitrogen and oxygen atoms in total. The van der Waals surface area contributed by atoms with E-state index < -0.39 is 0 Å². The molecular formula is C7H14N2. The molecule has 2 aliphatic heterocycles. The zero-order valence-corrected chi connectivity index (χ0v) is 5.71. The topological polar surface area (TPSA) is 29.3 Å². The minimum absolute atomic E-state index is 0.478. The molecule has 0 aromatic heterocycles. The summed E-state index contributed by atoms with van der Waals surface area (Å²) in [5, 5.41) is 0. The van der Waals surface area contributed by atoms with Gasteiger partial charge >= 0.3 is 0 Å². The van der Waals surface area contributed by atoms with Crippen molar-refractivity contribution in [1.82, 2.24) is 4.90 Å². The minimum atomic E-state index is 0.478. The van der Waals surface area contributed by atoms with Crippen molar-refractivity contribution in [3.05, 3.63) is 0 Å². The fraction of sp³-hybridized carbons (Fsp3) is 1.00. The maximum Gasteiger partial charge on any atom is 0.0170 e. The lowest BCUT2D eigenvalue weighted by atomic mass is 9.98. The molecule has 2 heterocycles. The molecule has 9 heavy (non-hydrogen) atoms. The zero-order valence-electron chi connectivity index (χ0n) is 5.71. The Morgan fingerprint density at radius 1 is 1.33 bits per heavy atom. The average Bonchev–Trinajstić information content (AvgIpc) is 2.11. The van der Waals surface area contributed by atoms with Gasteiger partial charge in [0, 0.05) is 19.1 Å². The summed E-state index contributed by atoms with van der Waals surface area (Å²) in [6, 6.07) is 0.478. The molecule has 2 N–H and O–H groups in total. The van der Waals surface area contributed by atoms with Gasteiger partial charge in [-0.15, -0.1) is 0 Å². The van der Waals surface area contributed by atoms with Crippen LogP contribution in [0.3, 0.4) is 0 Å². The SMILES string of the molecule is N[C@H]1C[C@@H]2CCN(C1)C2. The monoisotopic (exact) mass is 126 g/mol. The Morgan fingerprint density at radius 2 is 2.22 bits per heavy atom. The van der Waals surface area contributed by atoms with Crippen molar-refractivity contribution in [1.29, 1.82) is 0 Å². The van der Waals surface area contributed by atoms with Crippen LogP contribution in [0.15, 0.2) is 0 Å². The van der Waals surface area contributed by atoms with E-state index in [9.17, 15) is 0 Å². The first-order valence-corrected chi connectivity index (χ1v) is 3.82. The van der Waals surface area contributed by atoms with Crippen molar-refractivity contribution in [2.75, 3.05) is 19.6 Å². The Labute approximate surface area is 56.0 Å². The Balaban J connectivity index is 2.03. The average molecular weight is 126 g/mol. The van der Waals surface area contributed by atoms with Crippen LogP contribution in [0, 0.1) is 5.92 Å². The second-order valence-corrected chi connectivity index (χ2v) is 3.41. The maximum atomic E-state index is 5.81. The summed E-state index contributed by atoms with van der Waals surface area (Å²) in [4.78, 5) is 2.48. The molecule has 3 atom stereocenters. The quantitative estimate of drug-likeness (QED) is 0.496.